The van der Waals surface area contributed by atoms with Crippen LogP contribution in [-0.2, 0) is 16.0 Å². The van der Waals surface area contributed by atoms with Gasteiger partial charge in [0.2, 0.25) is 11.7 Å². The van der Waals surface area contributed by atoms with E-state index in [1.54, 1.807) is 25.3 Å². The van der Waals surface area contributed by atoms with Crippen LogP contribution in [0.25, 0.3) is 0 Å². The molecule has 2 aromatic rings. The van der Waals surface area contributed by atoms with Crippen molar-refractivity contribution in [3.63, 3.8) is 0 Å². The molecular weight excluding hydrogens is 406 g/mol. The molecule has 11 nitrogen and oxygen atoms in total. The van der Waals surface area contributed by atoms with E-state index < -0.39 is 16.7 Å². The summed E-state index contributed by atoms with van der Waals surface area (Å²) in [5.74, 6) is -0.300. The summed E-state index contributed by atoms with van der Waals surface area (Å²) in [5.41, 5.74) is 6.76. The lowest BCUT2D eigenvalue weighted by molar-refractivity contribution is -0.383. The average Bonchev–Trinajstić information content (AvgIpc) is 3.25. The number of rotatable bonds is 8. The van der Waals surface area contributed by atoms with Crippen LogP contribution in [0.4, 0.5) is 22.0 Å². The van der Waals surface area contributed by atoms with Gasteiger partial charge in [0.25, 0.3) is 0 Å². The molecule has 3 heterocycles. The van der Waals surface area contributed by atoms with Gasteiger partial charge in [-0.05, 0) is 38.3 Å². The van der Waals surface area contributed by atoms with Gasteiger partial charge >= 0.3 is 11.8 Å². The number of nitrogens with two attached hydrogens (primary N) is 1. The van der Waals surface area contributed by atoms with Crippen molar-refractivity contribution >= 4 is 23.3 Å². The smallest absolute Gasteiger partial charge is 0.414 e. The summed E-state index contributed by atoms with van der Waals surface area (Å²) in [6, 6.07) is 4.88. The molecular formula is C20H25N5O6. The molecule has 3 rings (SSSR count). The summed E-state index contributed by atoms with van der Waals surface area (Å²) in [6.45, 7) is 4.45. The summed E-state index contributed by atoms with van der Waals surface area (Å²) in [7, 11) is 0. The number of nitrogens with zero attached hydrogens (tertiary/aromatic N) is 4. The van der Waals surface area contributed by atoms with Crippen molar-refractivity contribution in [3.8, 4) is 5.88 Å². The molecule has 1 atom stereocenters. The quantitative estimate of drug-likeness (QED) is 0.493. The number of nitro groups is 1. The number of amides is 1. The maximum Gasteiger partial charge on any atom is 0.414 e. The first-order valence-corrected chi connectivity index (χ1v) is 9.94. The molecule has 0 radical (unpaired) electrons. The Morgan fingerprint density at radius 1 is 1.45 bits per heavy atom. The first-order valence-electron chi connectivity index (χ1n) is 9.94. The van der Waals surface area contributed by atoms with Crippen molar-refractivity contribution in [1.29, 1.82) is 0 Å². The number of anilines is 2. The molecule has 31 heavy (non-hydrogen) atoms. The average molecular weight is 431 g/mol. The van der Waals surface area contributed by atoms with E-state index in [1.165, 1.54) is 6.07 Å². The topological polar surface area (TPSA) is 143 Å². The number of aryl methyl sites for hydroxylation is 1. The normalized spacial score (nSPS) is 15.5. The number of hydrogen-bond acceptors (Lipinski definition) is 9. The molecule has 2 aromatic heterocycles. The molecule has 1 aliphatic rings. The van der Waals surface area contributed by atoms with Crippen LogP contribution in [0.3, 0.4) is 0 Å². The van der Waals surface area contributed by atoms with Crippen molar-refractivity contribution in [1.82, 2.24) is 9.97 Å². The molecule has 0 spiro atoms. The van der Waals surface area contributed by atoms with Crippen LogP contribution in [-0.4, -0.2) is 46.9 Å². The summed E-state index contributed by atoms with van der Waals surface area (Å²) in [5, 5.41) is 11.7. The van der Waals surface area contributed by atoms with Crippen molar-refractivity contribution in [3.05, 3.63) is 45.8 Å². The second-order valence-electron chi connectivity index (χ2n) is 7.01. The van der Waals surface area contributed by atoms with E-state index in [0.717, 1.165) is 23.4 Å². The Hall–Kier alpha value is -3.47. The summed E-state index contributed by atoms with van der Waals surface area (Å²) in [4.78, 5) is 33.1. The second kappa shape index (κ2) is 10.0. The Morgan fingerprint density at radius 3 is 2.87 bits per heavy atom. The van der Waals surface area contributed by atoms with E-state index in [0.29, 0.717) is 12.2 Å². The van der Waals surface area contributed by atoms with Gasteiger partial charge < -0.3 is 19.9 Å². The molecule has 0 aliphatic carbocycles. The summed E-state index contributed by atoms with van der Waals surface area (Å²) < 4.78 is 16.3. The van der Waals surface area contributed by atoms with E-state index in [1.807, 2.05) is 6.92 Å². The number of hydrogen-bond donors (Lipinski definition) is 1. The monoisotopic (exact) mass is 431 g/mol. The van der Waals surface area contributed by atoms with Gasteiger partial charge in [0.1, 0.15) is 12.3 Å². The number of carbonyl (C=O) groups is 1. The molecule has 0 unspecified atom stereocenters. The molecule has 166 valence electrons. The van der Waals surface area contributed by atoms with Crippen LogP contribution in [0, 0.1) is 17.0 Å². The minimum atomic E-state index is -0.762. The highest BCUT2D eigenvalue weighted by atomic mass is 16.6. The third-order valence-corrected chi connectivity index (χ3v) is 4.69. The Morgan fingerprint density at radius 2 is 2.26 bits per heavy atom. The van der Waals surface area contributed by atoms with Gasteiger partial charge in [-0.1, -0.05) is 6.07 Å². The van der Waals surface area contributed by atoms with Gasteiger partial charge in [-0.3, -0.25) is 20.0 Å². The Kier molecular flexibility index (Phi) is 7.19. The third kappa shape index (κ3) is 5.57. The lowest BCUT2D eigenvalue weighted by Gasteiger charge is -2.23. The standard InChI is InChI=1S/C20H25N5O6/c1-3-29-20(26)24(11-14-7-6-13(2)22-10-14)16-9-17(23-19(21)18(16)25(27)28)31-12-15-5-4-8-30-15/h6-7,9-10,15H,3-5,8,11-12H2,1-2H3,(H2,21,23)/t15-/m1/s1. The van der Waals surface area contributed by atoms with Crippen molar-refractivity contribution in [2.24, 2.45) is 0 Å². The number of aromatic nitrogens is 2. The highest BCUT2D eigenvalue weighted by molar-refractivity contribution is 5.92. The van der Waals surface area contributed by atoms with Crippen LogP contribution >= 0.6 is 0 Å². The maximum absolute atomic E-state index is 12.7. The van der Waals surface area contributed by atoms with Crippen molar-refractivity contribution in [2.75, 3.05) is 30.5 Å². The van der Waals surface area contributed by atoms with E-state index in [2.05, 4.69) is 9.97 Å². The number of nitrogen functional groups attached to an aromatic ring is 1. The zero-order chi connectivity index (χ0) is 22.4. The fourth-order valence-electron chi connectivity index (χ4n) is 3.17. The van der Waals surface area contributed by atoms with Crippen LogP contribution in [0.5, 0.6) is 5.88 Å². The zero-order valence-electron chi connectivity index (χ0n) is 17.4. The van der Waals surface area contributed by atoms with Crippen LogP contribution in [0.1, 0.15) is 31.0 Å². The van der Waals surface area contributed by atoms with Crippen LogP contribution < -0.4 is 15.4 Å². The number of ether oxygens (including phenoxy) is 3. The SMILES string of the molecule is CCOC(=O)N(Cc1ccc(C)nc1)c1cc(OC[C@H]2CCCO2)nc(N)c1[N+](=O)[O-]. The van der Waals surface area contributed by atoms with Gasteiger partial charge in [-0.25, -0.2) is 4.79 Å². The zero-order valence-corrected chi connectivity index (χ0v) is 17.4. The highest BCUT2D eigenvalue weighted by Crippen LogP contribution is 2.37. The van der Waals surface area contributed by atoms with Gasteiger partial charge in [0.05, 0.1) is 24.2 Å². The van der Waals surface area contributed by atoms with Crippen LogP contribution in [0.15, 0.2) is 24.4 Å². The van der Waals surface area contributed by atoms with E-state index in [9.17, 15) is 14.9 Å². The highest BCUT2D eigenvalue weighted by Gasteiger charge is 2.31. The molecule has 0 saturated carbocycles. The molecule has 0 bridgehead atoms. The second-order valence-corrected chi connectivity index (χ2v) is 7.01. The van der Waals surface area contributed by atoms with Gasteiger partial charge in [0.15, 0.2) is 0 Å². The molecule has 11 heteroatoms. The van der Waals surface area contributed by atoms with E-state index in [-0.39, 0.29) is 43.2 Å². The Balaban J connectivity index is 1.97. The lowest BCUT2D eigenvalue weighted by atomic mass is 10.2. The van der Waals surface area contributed by atoms with Gasteiger partial charge in [0, 0.05) is 24.6 Å². The fourth-order valence-corrected chi connectivity index (χ4v) is 3.17. The third-order valence-electron chi connectivity index (χ3n) is 4.69. The number of carbonyl (C=O) groups excluding carboxylic acids is 1. The largest absolute Gasteiger partial charge is 0.475 e. The molecule has 2 N–H and O–H groups in total. The first kappa shape index (κ1) is 22.2. The van der Waals surface area contributed by atoms with E-state index in [4.69, 9.17) is 19.9 Å². The first-order chi connectivity index (χ1) is 14.9. The molecule has 1 amide bonds. The minimum absolute atomic E-state index is 0.0123. The molecule has 1 fully saturated rings. The summed E-state index contributed by atoms with van der Waals surface area (Å²) >= 11 is 0. The van der Waals surface area contributed by atoms with Gasteiger partial charge in [-0.2, -0.15) is 4.98 Å². The molecule has 1 aliphatic heterocycles. The Bertz CT molecular complexity index is 930. The molecule has 0 aromatic carbocycles. The van der Waals surface area contributed by atoms with Gasteiger partial charge in [-0.15, -0.1) is 0 Å². The maximum atomic E-state index is 12.7. The molecule has 1 saturated heterocycles. The predicted molar refractivity (Wildman–Crippen MR) is 112 cm³/mol. The van der Waals surface area contributed by atoms with Crippen LogP contribution in [0.2, 0.25) is 0 Å². The Labute approximate surface area is 179 Å². The number of pyridine rings is 2. The van der Waals surface area contributed by atoms with Crippen molar-refractivity contribution in [2.45, 2.75) is 39.3 Å². The van der Waals surface area contributed by atoms with Crippen molar-refractivity contribution < 1.29 is 23.9 Å². The summed E-state index contributed by atoms with van der Waals surface area (Å²) in [6.07, 6.45) is 2.54. The predicted octanol–water partition coefficient (Wildman–Crippen LogP) is 3.00. The minimum Gasteiger partial charge on any atom is -0.475 e. The fraction of sp³-hybridized carbons (Fsp3) is 0.450. The lowest BCUT2D eigenvalue weighted by Crippen LogP contribution is -2.32. The van der Waals surface area contributed by atoms with E-state index >= 15 is 0 Å².